The van der Waals surface area contributed by atoms with Crippen LogP contribution in [0, 0.1) is 5.82 Å². The van der Waals surface area contributed by atoms with Crippen molar-refractivity contribution in [3.63, 3.8) is 0 Å². The summed E-state index contributed by atoms with van der Waals surface area (Å²) in [6, 6.07) is 1.40. The normalized spacial score (nSPS) is 10.9. The average Bonchev–Trinajstić information content (AvgIpc) is 2.48. The zero-order chi connectivity index (χ0) is 8.72. The number of hydrogen-bond acceptors (Lipinski definition) is 3. The highest BCUT2D eigenvalue weighted by molar-refractivity contribution is 9.11. The maximum absolute atomic E-state index is 13.0. The quantitative estimate of drug-likeness (QED) is 0.697. The third kappa shape index (κ3) is 1.18. The van der Waals surface area contributed by atoms with Crippen molar-refractivity contribution in [3.05, 3.63) is 20.8 Å². The van der Waals surface area contributed by atoms with E-state index in [4.69, 9.17) is 0 Å². The number of aromatic nitrogens is 2. The molecule has 62 valence electrons. The van der Waals surface area contributed by atoms with Crippen LogP contribution in [0.1, 0.15) is 0 Å². The third-order valence-electron chi connectivity index (χ3n) is 1.38. The molecule has 0 N–H and O–H groups in total. The van der Waals surface area contributed by atoms with E-state index in [1.54, 1.807) is 0 Å². The Morgan fingerprint density at radius 2 is 2.17 bits per heavy atom. The Bertz CT molecular complexity index is 442. The lowest BCUT2D eigenvalue weighted by atomic mass is 10.3. The molecule has 0 aliphatic carbocycles. The summed E-state index contributed by atoms with van der Waals surface area (Å²) in [5.41, 5.74) is 0.562. The minimum Gasteiger partial charge on any atom is -0.206 e. The first-order chi connectivity index (χ1) is 5.70. The van der Waals surface area contributed by atoms with E-state index in [0.29, 0.717) is 14.5 Å². The highest BCUT2D eigenvalue weighted by Crippen LogP contribution is 2.33. The molecule has 2 rings (SSSR count). The van der Waals surface area contributed by atoms with Gasteiger partial charge < -0.3 is 0 Å². The SMILES string of the molecule is Fc1cc(Br)c2snnc2c1Br. The van der Waals surface area contributed by atoms with Crippen molar-refractivity contribution in [2.45, 2.75) is 0 Å². The Morgan fingerprint density at radius 1 is 1.42 bits per heavy atom. The molecular weight excluding hydrogens is 311 g/mol. The summed E-state index contributed by atoms with van der Waals surface area (Å²) >= 11 is 7.57. The number of hydrogen-bond donors (Lipinski definition) is 0. The molecule has 2 aromatic rings. The Hall–Kier alpha value is -0.0700. The van der Waals surface area contributed by atoms with Crippen LogP contribution >= 0.6 is 43.4 Å². The summed E-state index contributed by atoms with van der Waals surface area (Å²) in [7, 11) is 0. The largest absolute Gasteiger partial charge is 0.206 e. The van der Waals surface area contributed by atoms with Gasteiger partial charge in [0.05, 0.1) is 9.17 Å². The summed E-state index contributed by atoms with van der Waals surface area (Å²) in [4.78, 5) is 0. The predicted molar refractivity (Wildman–Crippen MR) is 52.8 cm³/mol. The van der Waals surface area contributed by atoms with Crippen LogP contribution < -0.4 is 0 Å². The molecule has 0 bridgehead atoms. The van der Waals surface area contributed by atoms with E-state index in [0.717, 1.165) is 4.70 Å². The zero-order valence-corrected chi connectivity index (χ0v) is 9.50. The number of nitrogens with zero attached hydrogens (tertiary/aromatic N) is 2. The van der Waals surface area contributed by atoms with E-state index in [1.807, 2.05) is 0 Å². The highest BCUT2D eigenvalue weighted by Gasteiger charge is 2.11. The van der Waals surface area contributed by atoms with E-state index in [1.165, 1.54) is 17.6 Å². The summed E-state index contributed by atoms with van der Waals surface area (Å²) in [6.45, 7) is 0. The average molecular weight is 312 g/mol. The smallest absolute Gasteiger partial charge is 0.140 e. The van der Waals surface area contributed by atoms with Gasteiger partial charge in [-0.2, -0.15) is 0 Å². The van der Waals surface area contributed by atoms with Gasteiger partial charge in [0.2, 0.25) is 0 Å². The van der Waals surface area contributed by atoms with Crippen molar-refractivity contribution in [2.24, 2.45) is 0 Å². The van der Waals surface area contributed by atoms with Gasteiger partial charge in [-0.25, -0.2) is 4.39 Å². The van der Waals surface area contributed by atoms with Gasteiger partial charge in [-0.3, -0.25) is 0 Å². The van der Waals surface area contributed by atoms with Crippen molar-refractivity contribution < 1.29 is 4.39 Å². The molecular formula is C6HBr2FN2S. The Labute approximate surface area is 88.2 Å². The molecule has 0 saturated carbocycles. The van der Waals surface area contributed by atoms with Crippen LogP contribution in [0.2, 0.25) is 0 Å². The monoisotopic (exact) mass is 310 g/mol. The van der Waals surface area contributed by atoms with Crippen molar-refractivity contribution >= 4 is 53.6 Å². The lowest BCUT2D eigenvalue weighted by molar-refractivity contribution is 0.622. The molecule has 0 amide bonds. The first-order valence-corrected chi connectivity index (χ1v) is 5.31. The standard InChI is InChI=1S/C6HBr2FN2S/c7-2-1-3(9)4(8)5-6(2)12-11-10-5/h1H. The van der Waals surface area contributed by atoms with Crippen LogP contribution in [0.3, 0.4) is 0 Å². The van der Waals surface area contributed by atoms with Crippen molar-refractivity contribution in [1.29, 1.82) is 0 Å². The molecule has 0 unspecified atom stereocenters. The van der Waals surface area contributed by atoms with Gasteiger partial charge in [0, 0.05) is 4.47 Å². The molecule has 0 radical (unpaired) electrons. The van der Waals surface area contributed by atoms with Gasteiger partial charge in [-0.05, 0) is 49.5 Å². The molecule has 2 nitrogen and oxygen atoms in total. The van der Waals surface area contributed by atoms with Crippen molar-refractivity contribution in [2.75, 3.05) is 0 Å². The van der Waals surface area contributed by atoms with Crippen LogP contribution in [-0.2, 0) is 0 Å². The number of benzene rings is 1. The molecule has 1 aromatic carbocycles. The number of fused-ring (bicyclic) bond motifs is 1. The Balaban J connectivity index is 2.97. The summed E-state index contributed by atoms with van der Waals surface area (Å²) in [6.07, 6.45) is 0. The van der Waals surface area contributed by atoms with E-state index in [9.17, 15) is 4.39 Å². The van der Waals surface area contributed by atoms with Gasteiger partial charge in [-0.1, -0.05) is 4.49 Å². The van der Waals surface area contributed by atoms with Gasteiger partial charge in [-0.15, -0.1) is 5.10 Å². The molecule has 6 heteroatoms. The van der Waals surface area contributed by atoms with Crippen LogP contribution in [0.5, 0.6) is 0 Å². The second kappa shape index (κ2) is 3.01. The van der Waals surface area contributed by atoms with Gasteiger partial charge in [0.25, 0.3) is 0 Å². The molecule has 0 spiro atoms. The maximum Gasteiger partial charge on any atom is 0.140 e. The Morgan fingerprint density at radius 3 is 2.92 bits per heavy atom. The van der Waals surface area contributed by atoms with Gasteiger partial charge >= 0.3 is 0 Å². The molecule has 12 heavy (non-hydrogen) atoms. The molecule has 0 aliphatic heterocycles. The second-order valence-electron chi connectivity index (χ2n) is 2.10. The van der Waals surface area contributed by atoms with Crippen molar-refractivity contribution in [1.82, 2.24) is 9.59 Å². The molecule has 0 fully saturated rings. The minimum atomic E-state index is -0.331. The summed E-state index contributed by atoms with van der Waals surface area (Å²) in [5.74, 6) is -0.331. The van der Waals surface area contributed by atoms with Crippen LogP contribution in [0.4, 0.5) is 4.39 Å². The fraction of sp³-hybridized carbons (Fsp3) is 0. The van der Waals surface area contributed by atoms with Gasteiger partial charge in [0.1, 0.15) is 11.3 Å². The molecule has 0 saturated heterocycles. The second-order valence-corrected chi connectivity index (χ2v) is 4.51. The predicted octanol–water partition coefficient (Wildman–Crippen LogP) is 3.36. The van der Waals surface area contributed by atoms with Crippen molar-refractivity contribution in [3.8, 4) is 0 Å². The third-order valence-corrected chi connectivity index (χ3v) is 3.78. The number of halogens is 3. The van der Waals surface area contributed by atoms with Crippen LogP contribution in [0.15, 0.2) is 15.0 Å². The molecule has 0 atom stereocenters. The van der Waals surface area contributed by atoms with E-state index < -0.39 is 0 Å². The minimum absolute atomic E-state index is 0.331. The zero-order valence-electron chi connectivity index (χ0n) is 5.51. The first-order valence-electron chi connectivity index (χ1n) is 2.95. The van der Waals surface area contributed by atoms with E-state index in [2.05, 4.69) is 41.4 Å². The van der Waals surface area contributed by atoms with E-state index in [-0.39, 0.29) is 5.82 Å². The van der Waals surface area contributed by atoms with Crippen LogP contribution in [0.25, 0.3) is 10.2 Å². The lowest BCUT2D eigenvalue weighted by Gasteiger charge is -1.95. The highest BCUT2D eigenvalue weighted by atomic mass is 79.9. The van der Waals surface area contributed by atoms with E-state index >= 15 is 0 Å². The fourth-order valence-corrected chi connectivity index (χ4v) is 2.55. The van der Waals surface area contributed by atoms with Crippen LogP contribution in [-0.4, -0.2) is 9.59 Å². The topological polar surface area (TPSA) is 25.8 Å². The lowest BCUT2D eigenvalue weighted by Crippen LogP contribution is -1.80. The fourth-order valence-electron chi connectivity index (χ4n) is 0.844. The molecule has 1 heterocycles. The Kier molecular flexibility index (Phi) is 2.14. The first kappa shape index (κ1) is 8.52. The maximum atomic E-state index is 13.0. The summed E-state index contributed by atoms with van der Waals surface area (Å²) < 4.78 is 18.7. The molecule has 0 aliphatic rings. The summed E-state index contributed by atoms with van der Waals surface area (Å²) in [5, 5.41) is 3.79. The van der Waals surface area contributed by atoms with Gasteiger partial charge in [0.15, 0.2) is 0 Å². The molecule has 1 aromatic heterocycles. The number of rotatable bonds is 0.